The topological polar surface area (TPSA) is 125 Å². The zero-order valence-electron chi connectivity index (χ0n) is 21.2. The maximum atomic E-state index is 13.5. The minimum atomic E-state index is -5.08. The zero-order chi connectivity index (χ0) is 27.3. The van der Waals surface area contributed by atoms with Gasteiger partial charge < -0.3 is 25.0 Å². The molecule has 3 aliphatic heterocycles. The average Bonchev–Trinajstić information content (AvgIpc) is 3.70. The van der Waals surface area contributed by atoms with Gasteiger partial charge in [0.25, 0.3) is 0 Å². The summed E-state index contributed by atoms with van der Waals surface area (Å²) >= 11 is 0. The van der Waals surface area contributed by atoms with Gasteiger partial charge in [0.05, 0.1) is 5.41 Å². The number of fused-ring (bicyclic) bond motifs is 1. The number of ether oxygens (including phenoxy) is 1. The van der Waals surface area contributed by atoms with Crippen molar-refractivity contribution in [2.24, 2.45) is 23.2 Å². The van der Waals surface area contributed by atoms with Crippen LogP contribution in [0.5, 0.6) is 0 Å². The molecule has 2 N–H and O–H groups in total. The van der Waals surface area contributed by atoms with Crippen LogP contribution in [0.4, 0.5) is 19.1 Å². The quantitative estimate of drug-likeness (QED) is 0.581. The van der Waals surface area contributed by atoms with Gasteiger partial charge in [0, 0.05) is 70.2 Å². The number of nitrogens with zero attached hydrogens (tertiary/aromatic N) is 4. The van der Waals surface area contributed by atoms with Gasteiger partial charge in [-0.05, 0) is 50.5 Å². The van der Waals surface area contributed by atoms with Gasteiger partial charge >= 0.3 is 12.1 Å². The average molecular weight is 542 g/mol. The molecule has 3 saturated heterocycles. The first-order valence-electron chi connectivity index (χ1n) is 13.1. The molecule has 4 heterocycles. The number of carbonyl (C=O) groups is 3. The van der Waals surface area contributed by atoms with Gasteiger partial charge in [0.2, 0.25) is 17.8 Å². The van der Waals surface area contributed by atoms with Crippen molar-refractivity contribution in [1.82, 2.24) is 20.2 Å². The van der Waals surface area contributed by atoms with E-state index in [2.05, 4.69) is 20.2 Å². The fourth-order valence-electron chi connectivity index (χ4n) is 5.55. The normalized spacial score (nSPS) is 26.0. The molecule has 210 valence electrons. The van der Waals surface area contributed by atoms with Gasteiger partial charge in [-0.25, -0.2) is 14.8 Å². The van der Waals surface area contributed by atoms with Crippen LogP contribution in [-0.2, 0) is 19.1 Å². The van der Waals surface area contributed by atoms with Crippen LogP contribution in [0.2, 0.25) is 0 Å². The van der Waals surface area contributed by atoms with Crippen molar-refractivity contribution in [3.8, 4) is 0 Å². The molecule has 4 aliphatic rings. The predicted molar refractivity (Wildman–Crippen MR) is 129 cm³/mol. The zero-order valence-corrected chi connectivity index (χ0v) is 21.2. The van der Waals surface area contributed by atoms with Crippen molar-refractivity contribution < 1.29 is 37.4 Å². The standard InChI is InChI=1S/C23H33N5O3.C2HF3O2/c29-20(18-5-11-31-12-6-18)27-10-1-7-23(21(30)26-13-17-3-4-17)16-28(15-19(23)14-27)22-24-8-2-9-25-22;3-2(4,5)1(6)7/h2,8-9,17-19H,1,3-7,10-16H2,(H,26,30);(H,6,7)/t19-,23+;/m0./s1. The molecular weight excluding hydrogens is 507 g/mol. The summed E-state index contributed by atoms with van der Waals surface area (Å²) in [6.07, 6.45) is 4.10. The smallest absolute Gasteiger partial charge is 0.475 e. The molecule has 4 fully saturated rings. The monoisotopic (exact) mass is 541 g/mol. The van der Waals surface area contributed by atoms with Gasteiger partial charge in [-0.1, -0.05) is 0 Å². The molecule has 1 aliphatic carbocycles. The Hall–Kier alpha value is -2.96. The van der Waals surface area contributed by atoms with Crippen LogP contribution in [0.25, 0.3) is 0 Å². The molecule has 10 nitrogen and oxygen atoms in total. The van der Waals surface area contributed by atoms with Gasteiger partial charge in [0.15, 0.2) is 0 Å². The lowest BCUT2D eigenvalue weighted by Gasteiger charge is -2.33. The molecule has 0 radical (unpaired) electrons. The molecule has 2 amide bonds. The number of carboxylic acid groups (broad SMARTS) is 1. The minimum absolute atomic E-state index is 0.0555. The molecule has 13 heteroatoms. The summed E-state index contributed by atoms with van der Waals surface area (Å²) < 4.78 is 37.2. The number of hydrogen-bond donors (Lipinski definition) is 2. The molecule has 1 saturated carbocycles. The van der Waals surface area contributed by atoms with E-state index in [1.807, 2.05) is 11.0 Å². The van der Waals surface area contributed by atoms with Crippen LogP contribution >= 0.6 is 0 Å². The summed E-state index contributed by atoms with van der Waals surface area (Å²) in [5.74, 6) is -0.900. The third-order valence-corrected chi connectivity index (χ3v) is 7.85. The first-order valence-corrected chi connectivity index (χ1v) is 13.1. The number of nitrogens with one attached hydrogen (secondary N) is 1. The Morgan fingerprint density at radius 1 is 1.11 bits per heavy atom. The first-order chi connectivity index (χ1) is 18.1. The minimum Gasteiger partial charge on any atom is -0.475 e. The highest BCUT2D eigenvalue weighted by atomic mass is 19.4. The van der Waals surface area contributed by atoms with Gasteiger partial charge in [-0.2, -0.15) is 13.2 Å². The fourth-order valence-corrected chi connectivity index (χ4v) is 5.55. The highest BCUT2D eigenvalue weighted by molar-refractivity contribution is 5.85. The van der Waals surface area contributed by atoms with Crippen LogP contribution in [0.1, 0.15) is 38.5 Å². The van der Waals surface area contributed by atoms with E-state index in [9.17, 15) is 22.8 Å². The molecule has 1 aromatic rings. The molecule has 0 spiro atoms. The molecule has 38 heavy (non-hydrogen) atoms. The van der Waals surface area contributed by atoms with E-state index in [-0.39, 0.29) is 23.7 Å². The summed E-state index contributed by atoms with van der Waals surface area (Å²) in [5, 5.41) is 10.4. The number of aromatic nitrogens is 2. The van der Waals surface area contributed by atoms with E-state index in [1.165, 1.54) is 12.8 Å². The maximum absolute atomic E-state index is 13.5. The summed E-state index contributed by atoms with van der Waals surface area (Å²) in [6.45, 7) is 4.82. The number of likely N-dealkylation sites (tertiary alicyclic amines) is 1. The maximum Gasteiger partial charge on any atom is 0.490 e. The van der Waals surface area contributed by atoms with Crippen molar-refractivity contribution in [3.05, 3.63) is 18.5 Å². The first kappa shape index (κ1) is 28.1. The van der Waals surface area contributed by atoms with E-state index in [0.29, 0.717) is 44.7 Å². The lowest BCUT2D eigenvalue weighted by molar-refractivity contribution is -0.192. The second-order valence-electron chi connectivity index (χ2n) is 10.5. The lowest BCUT2D eigenvalue weighted by Crippen LogP contribution is -2.49. The van der Waals surface area contributed by atoms with Crippen LogP contribution in [0.15, 0.2) is 18.5 Å². The number of anilines is 1. The molecular formula is C25H34F3N5O5. The number of rotatable bonds is 5. The second kappa shape index (κ2) is 11.8. The van der Waals surface area contributed by atoms with Crippen molar-refractivity contribution in [2.45, 2.75) is 44.7 Å². The highest BCUT2D eigenvalue weighted by Gasteiger charge is 2.54. The molecule has 0 bridgehead atoms. The van der Waals surface area contributed by atoms with Crippen LogP contribution in [-0.4, -0.2) is 89.9 Å². The number of hydrogen-bond acceptors (Lipinski definition) is 7. The predicted octanol–water partition coefficient (Wildman–Crippen LogP) is 2.11. The van der Waals surface area contributed by atoms with Crippen molar-refractivity contribution in [1.29, 1.82) is 0 Å². The molecule has 0 aromatic carbocycles. The SMILES string of the molecule is O=C(C1CCOCC1)N1CCC[C@@]2(C(=O)NCC3CC3)CN(c3ncccn3)C[C@@H]2C1.O=C(O)C(F)(F)F. The summed E-state index contributed by atoms with van der Waals surface area (Å²) in [7, 11) is 0. The van der Waals surface area contributed by atoms with Crippen molar-refractivity contribution in [3.63, 3.8) is 0 Å². The van der Waals surface area contributed by atoms with E-state index in [0.717, 1.165) is 38.8 Å². The number of aliphatic carboxylic acids is 1. The van der Waals surface area contributed by atoms with Crippen LogP contribution in [0, 0.1) is 23.2 Å². The summed E-state index contributed by atoms with van der Waals surface area (Å²) in [5.41, 5.74) is -0.487. The van der Waals surface area contributed by atoms with E-state index >= 15 is 0 Å². The fraction of sp³-hybridized carbons (Fsp3) is 0.720. The molecule has 1 aromatic heterocycles. The highest BCUT2D eigenvalue weighted by Crippen LogP contribution is 2.44. The number of carboxylic acids is 1. The Kier molecular flexibility index (Phi) is 8.74. The van der Waals surface area contributed by atoms with Gasteiger partial charge in [-0.3, -0.25) is 9.59 Å². The van der Waals surface area contributed by atoms with E-state index < -0.39 is 17.6 Å². The molecule has 5 rings (SSSR count). The lowest BCUT2D eigenvalue weighted by atomic mass is 9.74. The van der Waals surface area contributed by atoms with Crippen molar-refractivity contribution >= 4 is 23.7 Å². The number of carbonyl (C=O) groups excluding carboxylic acids is 2. The van der Waals surface area contributed by atoms with Crippen LogP contribution in [0.3, 0.4) is 0 Å². The van der Waals surface area contributed by atoms with Crippen molar-refractivity contribution in [2.75, 3.05) is 50.8 Å². The Morgan fingerprint density at radius 3 is 2.37 bits per heavy atom. The Bertz CT molecular complexity index is 987. The van der Waals surface area contributed by atoms with E-state index in [4.69, 9.17) is 14.6 Å². The number of alkyl halides is 3. The third-order valence-electron chi connectivity index (χ3n) is 7.85. The summed E-state index contributed by atoms with van der Waals surface area (Å²) in [6, 6.07) is 1.81. The second-order valence-corrected chi connectivity index (χ2v) is 10.5. The Morgan fingerprint density at radius 2 is 1.76 bits per heavy atom. The Balaban J connectivity index is 0.000000426. The largest absolute Gasteiger partial charge is 0.490 e. The van der Waals surface area contributed by atoms with Gasteiger partial charge in [0.1, 0.15) is 0 Å². The van der Waals surface area contributed by atoms with Gasteiger partial charge in [-0.15, -0.1) is 0 Å². The number of halogens is 3. The van der Waals surface area contributed by atoms with E-state index in [1.54, 1.807) is 12.4 Å². The third kappa shape index (κ3) is 6.72. The Labute approximate surface area is 218 Å². The van der Waals surface area contributed by atoms with Crippen LogP contribution < -0.4 is 10.2 Å². The number of amides is 2. The summed E-state index contributed by atoms with van der Waals surface area (Å²) in [4.78, 5) is 48.8. The molecule has 0 unspecified atom stereocenters. The molecule has 2 atom stereocenters.